The largest absolute Gasteiger partial charge is 0.452 e. The molecular formula is C16H18ClN3O6. The molecule has 0 bridgehead atoms. The van der Waals surface area contributed by atoms with Crippen LogP contribution in [0, 0.1) is 10.1 Å². The van der Waals surface area contributed by atoms with E-state index in [1.165, 1.54) is 6.07 Å². The zero-order valence-electron chi connectivity index (χ0n) is 13.8. The summed E-state index contributed by atoms with van der Waals surface area (Å²) in [5, 5.41) is 15.5. The summed E-state index contributed by atoms with van der Waals surface area (Å²) in [6, 6.07) is 2.67. The van der Waals surface area contributed by atoms with E-state index in [-0.39, 0.29) is 22.3 Å². The number of hydrogen-bond donors (Lipinski definition) is 2. The van der Waals surface area contributed by atoms with E-state index in [1.54, 1.807) is 0 Å². The van der Waals surface area contributed by atoms with Crippen LogP contribution < -0.4 is 10.6 Å². The number of carbonyl (C=O) groups excluding carboxylic acids is 3. The van der Waals surface area contributed by atoms with Gasteiger partial charge in [-0.1, -0.05) is 30.9 Å². The van der Waals surface area contributed by atoms with Crippen molar-refractivity contribution in [3.05, 3.63) is 38.9 Å². The zero-order valence-corrected chi connectivity index (χ0v) is 14.6. The lowest BCUT2D eigenvalue weighted by molar-refractivity contribution is -0.384. The van der Waals surface area contributed by atoms with Gasteiger partial charge in [0.05, 0.1) is 15.5 Å². The minimum Gasteiger partial charge on any atom is -0.452 e. The lowest BCUT2D eigenvalue weighted by Gasteiger charge is -2.22. The van der Waals surface area contributed by atoms with Gasteiger partial charge in [0, 0.05) is 18.2 Å². The van der Waals surface area contributed by atoms with E-state index < -0.39 is 29.4 Å². The molecule has 1 fully saturated rings. The molecule has 0 spiro atoms. The molecule has 0 saturated heterocycles. The third-order valence-corrected chi connectivity index (χ3v) is 4.24. The number of hydrogen-bond acceptors (Lipinski definition) is 6. The predicted molar refractivity (Wildman–Crippen MR) is 91.9 cm³/mol. The molecule has 0 unspecified atom stereocenters. The van der Waals surface area contributed by atoms with E-state index >= 15 is 0 Å². The predicted octanol–water partition coefficient (Wildman–Crippen LogP) is 2.56. The number of ether oxygens (including phenoxy) is 1. The molecule has 1 aliphatic carbocycles. The topological polar surface area (TPSA) is 128 Å². The van der Waals surface area contributed by atoms with Gasteiger partial charge >= 0.3 is 12.0 Å². The number of imide groups is 1. The number of rotatable bonds is 5. The number of nitro benzene ring substituents is 1. The maximum atomic E-state index is 11.9. The average molecular weight is 384 g/mol. The molecule has 26 heavy (non-hydrogen) atoms. The second-order valence-electron chi connectivity index (χ2n) is 5.85. The number of benzene rings is 1. The number of urea groups is 1. The number of nitrogens with zero attached hydrogens (tertiary/aromatic N) is 1. The SMILES string of the molecule is O=C(COC(=O)c1cc([N+](=O)[O-])ccc1Cl)NC(=O)NC1CCCCC1. The second-order valence-corrected chi connectivity index (χ2v) is 6.26. The van der Waals surface area contributed by atoms with Gasteiger partial charge in [0.25, 0.3) is 11.6 Å². The van der Waals surface area contributed by atoms with E-state index in [0.29, 0.717) is 0 Å². The summed E-state index contributed by atoms with van der Waals surface area (Å²) in [7, 11) is 0. The van der Waals surface area contributed by atoms with Gasteiger partial charge < -0.3 is 10.1 Å². The highest BCUT2D eigenvalue weighted by Crippen LogP contribution is 2.22. The number of nitrogens with one attached hydrogen (secondary N) is 2. The Morgan fingerprint density at radius 2 is 1.92 bits per heavy atom. The average Bonchev–Trinajstić information content (AvgIpc) is 2.60. The lowest BCUT2D eigenvalue weighted by Crippen LogP contribution is -2.46. The van der Waals surface area contributed by atoms with Crippen molar-refractivity contribution in [3.63, 3.8) is 0 Å². The van der Waals surface area contributed by atoms with E-state index in [1.807, 2.05) is 0 Å². The first-order valence-electron chi connectivity index (χ1n) is 8.08. The quantitative estimate of drug-likeness (QED) is 0.457. The van der Waals surface area contributed by atoms with Crippen molar-refractivity contribution in [1.82, 2.24) is 10.6 Å². The molecule has 2 N–H and O–H groups in total. The van der Waals surface area contributed by atoms with Crippen LogP contribution in [0.1, 0.15) is 42.5 Å². The summed E-state index contributed by atoms with van der Waals surface area (Å²) in [5.41, 5.74) is -0.571. The van der Waals surface area contributed by atoms with Gasteiger partial charge in [-0.15, -0.1) is 0 Å². The van der Waals surface area contributed by atoms with Crippen LogP contribution in [0.3, 0.4) is 0 Å². The van der Waals surface area contributed by atoms with Crippen LogP contribution in [-0.2, 0) is 9.53 Å². The summed E-state index contributed by atoms with van der Waals surface area (Å²) in [6.45, 7) is -0.712. The first-order chi connectivity index (χ1) is 12.4. The van der Waals surface area contributed by atoms with Crippen molar-refractivity contribution in [1.29, 1.82) is 0 Å². The summed E-state index contributed by atoms with van der Waals surface area (Å²) < 4.78 is 4.76. The molecule has 0 radical (unpaired) electrons. The molecule has 1 aromatic carbocycles. The number of esters is 1. The van der Waals surface area contributed by atoms with Crippen molar-refractivity contribution in [2.75, 3.05) is 6.61 Å². The number of halogens is 1. The Morgan fingerprint density at radius 1 is 1.23 bits per heavy atom. The Hall–Kier alpha value is -2.68. The number of amides is 3. The van der Waals surface area contributed by atoms with Crippen molar-refractivity contribution in [3.8, 4) is 0 Å². The molecule has 1 aromatic rings. The highest BCUT2D eigenvalue weighted by molar-refractivity contribution is 6.33. The summed E-state index contributed by atoms with van der Waals surface area (Å²) in [6.07, 6.45) is 4.92. The Balaban J connectivity index is 1.83. The fourth-order valence-corrected chi connectivity index (χ4v) is 2.82. The normalized spacial score (nSPS) is 14.3. The van der Waals surface area contributed by atoms with Crippen LogP contribution in [-0.4, -0.2) is 35.5 Å². The van der Waals surface area contributed by atoms with Gasteiger partial charge in [0.2, 0.25) is 0 Å². The van der Waals surface area contributed by atoms with Gasteiger partial charge in [-0.05, 0) is 18.9 Å². The molecule has 0 aromatic heterocycles. The number of non-ortho nitro benzene ring substituents is 1. The van der Waals surface area contributed by atoms with E-state index in [2.05, 4.69) is 10.6 Å². The third kappa shape index (κ3) is 5.69. The van der Waals surface area contributed by atoms with Gasteiger partial charge in [0.15, 0.2) is 6.61 Å². The number of nitro groups is 1. The molecule has 0 atom stereocenters. The highest BCUT2D eigenvalue weighted by Gasteiger charge is 2.20. The van der Waals surface area contributed by atoms with E-state index in [4.69, 9.17) is 16.3 Å². The van der Waals surface area contributed by atoms with Crippen LogP contribution in [0.2, 0.25) is 5.02 Å². The van der Waals surface area contributed by atoms with Crippen LogP contribution in [0.25, 0.3) is 0 Å². The monoisotopic (exact) mass is 383 g/mol. The Bertz CT molecular complexity index is 718. The van der Waals surface area contributed by atoms with Gasteiger partial charge in [0.1, 0.15) is 0 Å². The van der Waals surface area contributed by atoms with Crippen molar-refractivity contribution >= 4 is 35.2 Å². The molecule has 1 aliphatic rings. The fraction of sp³-hybridized carbons (Fsp3) is 0.438. The number of carbonyl (C=O) groups is 3. The Labute approximate surface area is 154 Å². The Kier molecular flexibility index (Phi) is 6.90. The van der Waals surface area contributed by atoms with Crippen LogP contribution >= 0.6 is 11.6 Å². The van der Waals surface area contributed by atoms with E-state index in [9.17, 15) is 24.5 Å². The molecule has 0 aliphatic heterocycles. The lowest BCUT2D eigenvalue weighted by atomic mass is 9.96. The molecule has 3 amide bonds. The molecule has 10 heteroatoms. The first-order valence-corrected chi connectivity index (χ1v) is 8.46. The third-order valence-electron chi connectivity index (χ3n) is 3.91. The van der Waals surface area contributed by atoms with Gasteiger partial charge in [-0.25, -0.2) is 9.59 Å². The minimum absolute atomic E-state index is 0.0303. The summed E-state index contributed by atoms with van der Waals surface area (Å²) >= 11 is 5.82. The zero-order chi connectivity index (χ0) is 19.1. The van der Waals surface area contributed by atoms with Gasteiger partial charge in [-0.2, -0.15) is 0 Å². The van der Waals surface area contributed by atoms with Crippen molar-refractivity contribution < 1.29 is 24.0 Å². The second kappa shape index (κ2) is 9.14. The minimum atomic E-state index is -0.999. The van der Waals surface area contributed by atoms with Crippen molar-refractivity contribution in [2.24, 2.45) is 0 Å². The Morgan fingerprint density at radius 3 is 2.58 bits per heavy atom. The van der Waals surface area contributed by atoms with Crippen molar-refractivity contribution in [2.45, 2.75) is 38.1 Å². The smallest absolute Gasteiger partial charge is 0.340 e. The maximum absolute atomic E-state index is 11.9. The summed E-state index contributed by atoms with van der Waals surface area (Å²) in [4.78, 5) is 45.4. The standard InChI is InChI=1S/C16H18ClN3O6/c17-13-7-6-11(20(24)25)8-12(13)15(22)26-9-14(21)19-16(23)18-10-4-2-1-3-5-10/h6-8,10H,1-5,9H2,(H2,18,19,21,23). The van der Waals surface area contributed by atoms with Gasteiger partial charge in [-0.3, -0.25) is 20.2 Å². The molecular weight excluding hydrogens is 366 g/mol. The molecule has 2 rings (SSSR count). The summed E-state index contributed by atoms with van der Waals surface area (Å²) in [5.74, 6) is -1.81. The first kappa shape index (κ1) is 19.6. The molecule has 1 saturated carbocycles. The van der Waals surface area contributed by atoms with Crippen LogP contribution in [0.5, 0.6) is 0 Å². The molecule has 0 heterocycles. The van der Waals surface area contributed by atoms with Crippen LogP contribution in [0.4, 0.5) is 10.5 Å². The highest BCUT2D eigenvalue weighted by atomic mass is 35.5. The van der Waals surface area contributed by atoms with E-state index in [0.717, 1.165) is 44.2 Å². The maximum Gasteiger partial charge on any atom is 0.340 e. The fourth-order valence-electron chi connectivity index (χ4n) is 2.62. The van der Waals surface area contributed by atoms with Crippen LogP contribution in [0.15, 0.2) is 18.2 Å². The molecule has 140 valence electrons. The molecule has 9 nitrogen and oxygen atoms in total.